The summed E-state index contributed by atoms with van der Waals surface area (Å²) in [7, 11) is 1.73. The Morgan fingerprint density at radius 3 is 2.52 bits per heavy atom. The number of aryl methyl sites for hydroxylation is 2. The van der Waals surface area contributed by atoms with Gasteiger partial charge >= 0.3 is 0 Å². The monoisotopic (exact) mass is 374 g/mol. The van der Waals surface area contributed by atoms with Gasteiger partial charge in [-0.05, 0) is 37.1 Å². The second-order valence-electron chi connectivity index (χ2n) is 6.72. The van der Waals surface area contributed by atoms with Gasteiger partial charge in [0.25, 0.3) is 11.8 Å². The molecule has 3 rings (SSSR count). The third-order valence-electron chi connectivity index (χ3n) is 4.71. The highest BCUT2D eigenvalue weighted by atomic mass is 19.1. The second-order valence-corrected chi connectivity index (χ2v) is 6.72. The van der Waals surface area contributed by atoms with Crippen LogP contribution in [0.15, 0.2) is 30.3 Å². The smallest absolute Gasteiger partial charge is 0.272 e. The summed E-state index contributed by atoms with van der Waals surface area (Å²) < 4.78 is 14.9. The van der Waals surface area contributed by atoms with Gasteiger partial charge in [0.15, 0.2) is 6.10 Å². The third-order valence-corrected chi connectivity index (χ3v) is 4.71. The minimum Gasteiger partial charge on any atom is -0.378 e. The molecule has 0 spiro atoms. The molecule has 2 aromatic rings. The molecule has 1 aromatic heterocycles. The molecule has 1 N–H and O–H groups in total. The molecule has 1 unspecified atom stereocenters. The number of aliphatic hydroxyl groups excluding tert-OH is 1. The van der Waals surface area contributed by atoms with Crippen molar-refractivity contribution in [1.82, 2.24) is 19.6 Å². The van der Waals surface area contributed by atoms with Gasteiger partial charge in [-0.3, -0.25) is 14.3 Å². The van der Waals surface area contributed by atoms with E-state index in [-0.39, 0.29) is 11.5 Å². The molecule has 0 bridgehead atoms. The number of aromatic nitrogens is 2. The summed E-state index contributed by atoms with van der Waals surface area (Å²) in [6.07, 6.45) is -0.813. The number of halogens is 1. The Balaban J connectivity index is 1.66. The normalized spacial score (nSPS) is 16.1. The molecule has 1 aliphatic rings. The lowest BCUT2D eigenvalue weighted by molar-refractivity contribution is -0.140. The molecule has 1 saturated heterocycles. The van der Waals surface area contributed by atoms with Crippen LogP contribution in [0, 0.1) is 12.7 Å². The average Bonchev–Trinajstić information content (AvgIpc) is 2.85. The number of rotatable bonds is 3. The van der Waals surface area contributed by atoms with Gasteiger partial charge in [-0.25, -0.2) is 4.39 Å². The van der Waals surface area contributed by atoms with Crippen LogP contribution in [-0.2, 0) is 11.8 Å². The number of carbonyl (C=O) groups is 2. The highest BCUT2D eigenvalue weighted by molar-refractivity contribution is 5.92. The van der Waals surface area contributed by atoms with Crippen molar-refractivity contribution in [1.29, 1.82) is 0 Å². The van der Waals surface area contributed by atoms with Crippen LogP contribution in [0.4, 0.5) is 4.39 Å². The van der Waals surface area contributed by atoms with E-state index in [1.807, 2.05) is 6.92 Å². The van der Waals surface area contributed by atoms with Crippen LogP contribution in [0.2, 0.25) is 0 Å². The van der Waals surface area contributed by atoms with Gasteiger partial charge in [0.1, 0.15) is 11.5 Å². The Morgan fingerprint density at radius 2 is 1.85 bits per heavy atom. The molecule has 1 fully saturated rings. The highest BCUT2D eigenvalue weighted by Crippen LogP contribution is 2.18. The van der Waals surface area contributed by atoms with Crippen molar-refractivity contribution >= 4 is 11.8 Å². The van der Waals surface area contributed by atoms with Crippen molar-refractivity contribution in [2.24, 2.45) is 7.05 Å². The van der Waals surface area contributed by atoms with Crippen molar-refractivity contribution < 1.29 is 19.1 Å². The number of hydrogen-bond acceptors (Lipinski definition) is 4. The van der Waals surface area contributed by atoms with Crippen molar-refractivity contribution in [2.75, 3.05) is 26.2 Å². The van der Waals surface area contributed by atoms with E-state index >= 15 is 0 Å². The van der Waals surface area contributed by atoms with Gasteiger partial charge in [0.05, 0.1) is 5.69 Å². The predicted octanol–water partition coefficient (Wildman–Crippen LogP) is 1.28. The zero-order valence-electron chi connectivity index (χ0n) is 15.4. The zero-order valence-corrected chi connectivity index (χ0v) is 15.4. The number of aliphatic hydroxyl groups is 1. The molecule has 0 aliphatic carbocycles. The third kappa shape index (κ3) is 4.16. The summed E-state index contributed by atoms with van der Waals surface area (Å²) in [6, 6.07) is 7.13. The van der Waals surface area contributed by atoms with Gasteiger partial charge in [0, 0.05) is 33.2 Å². The van der Waals surface area contributed by atoms with E-state index in [1.54, 1.807) is 22.7 Å². The lowest BCUT2D eigenvalue weighted by atomic mass is 10.1. The first-order valence-corrected chi connectivity index (χ1v) is 8.89. The van der Waals surface area contributed by atoms with Crippen molar-refractivity contribution in [3.63, 3.8) is 0 Å². The molecule has 1 aliphatic heterocycles. The van der Waals surface area contributed by atoms with Crippen molar-refractivity contribution in [3.8, 4) is 0 Å². The van der Waals surface area contributed by atoms with Crippen LogP contribution in [0.1, 0.15) is 34.3 Å². The molecule has 1 atom stereocenters. The Kier molecular flexibility index (Phi) is 5.55. The Labute approximate surface area is 157 Å². The molecule has 27 heavy (non-hydrogen) atoms. The SMILES string of the molecule is Cc1cc(C(=O)N2CCCN(C(=O)C(O)c3cccc(F)c3)CC2)n(C)n1. The molecule has 0 radical (unpaired) electrons. The molecule has 7 nitrogen and oxygen atoms in total. The van der Waals surface area contributed by atoms with Crippen molar-refractivity contribution in [3.05, 3.63) is 53.1 Å². The van der Waals surface area contributed by atoms with Gasteiger partial charge in [0.2, 0.25) is 0 Å². The van der Waals surface area contributed by atoms with Crippen molar-refractivity contribution in [2.45, 2.75) is 19.4 Å². The summed E-state index contributed by atoms with van der Waals surface area (Å²) in [5, 5.41) is 14.5. The summed E-state index contributed by atoms with van der Waals surface area (Å²) in [4.78, 5) is 28.5. The fourth-order valence-corrected chi connectivity index (χ4v) is 3.31. The summed E-state index contributed by atoms with van der Waals surface area (Å²) in [6.45, 7) is 3.45. The number of benzene rings is 1. The van der Waals surface area contributed by atoms with Gasteiger partial charge in [-0.15, -0.1) is 0 Å². The Morgan fingerprint density at radius 1 is 1.15 bits per heavy atom. The maximum atomic E-state index is 13.3. The fraction of sp³-hybridized carbons (Fsp3) is 0.421. The maximum absolute atomic E-state index is 13.3. The number of nitrogens with zero attached hydrogens (tertiary/aromatic N) is 4. The molecule has 0 saturated carbocycles. The molecule has 8 heteroatoms. The summed E-state index contributed by atoms with van der Waals surface area (Å²) in [5.41, 5.74) is 1.50. The topological polar surface area (TPSA) is 78.7 Å². The van der Waals surface area contributed by atoms with Crippen LogP contribution < -0.4 is 0 Å². The number of amides is 2. The van der Waals surface area contributed by atoms with Crippen LogP contribution in [-0.4, -0.2) is 62.7 Å². The average molecular weight is 374 g/mol. The first-order valence-electron chi connectivity index (χ1n) is 8.89. The maximum Gasteiger partial charge on any atom is 0.272 e. The van der Waals surface area contributed by atoms with E-state index in [9.17, 15) is 19.1 Å². The van der Waals surface area contributed by atoms with Crippen LogP contribution in [0.3, 0.4) is 0 Å². The first kappa shape index (κ1) is 19.0. The molecule has 2 heterocycles. The molecule has 1 aromatic carbocycles. The van der Waals surface area contributed by atoms with Crippen LogP contribution in [0.25, 0.3) is 0 Å². The zero-order chi connectivity index (χ0) is 19.6. The van der Waals surface area contributed by atoms with E-state index in [0.717, 1.165) is 11.8 Å². The molecular weight excluding hydrogens is 351 g/mol. The Bertz CT molecular complexity index is 851. The van der Waals surface area contributed by atoms with Gasteiger partial charge in [-0.2, -0.15) is 5.10 Å². The van der Waals surface area contributed by atoms with Crippen LogP contribution in [0.5, 0.6) is 0 Å². The van der Waals surface area contributed by atoms with E-state index in [4.69, 9.17) is 0 Å². The second kappa shape index (κ2) is 7.87. The minimum atomic E-state index is -1.41. The van der Waals surface area contributed by atoms with E-state index in [2.05, 4.69) is 5.10 Å². The van der Waals surface area contributed by atoms with E-state index in [0.29, 0.717) is 38.3 Å². The standard InChI is InChI=1S/C19H23FN4O3/c1-13-11-16(22(2)21-13)18(26)23-7-4-8-24(10-9-23)19(27)17(25)14-5-3-6-15(20)12-14/h3,5-6,11-12,17,25H,4,7-10H2,1-2H3. The lowest BCUT2D eigenvalue weighted by Gasteiger charge is -2.24. The first-order chi connectivity index (χ1) is 12.9. The highest BCUT2D eigenvalue weighted by Gasteiger charge is 2.28. The molecular formula is C19H23FN4O3. The summed E-state index contributed by atoms with van der Waals surface area (Å²) >= 11 is 0. The van der Waals surface area contributed by atoms with E-state index < -0.39 is 17.8 Å². The largest absolute Gasteiger partial charge is 0.378 e. The van der Waals surface area contributed by atoms with Gasteiger partial charge in [-0.1, -0.05) is 12.1 Å². The van der Waals surface area contributed by atoms with Gasteiger partial charge < -0.3 is 14.9 Å². The summed E-state index contributed by atoms with van der Waals surface area (Å²) in [5.74, 6) is -1.11. The fourth-order valence-electron chi connectivity index (χ4n) is 3.31. The van der Waals surface area contributed by atoms with Crippen LogP contribution >= 0.6 is 0 Å². The molecule has 144 valence electrons. The minimum absolute atomic E-state index is 0.127. The Hall–Kier alpha value is -2.74. The number of hydrogen-bond donors (Lipinski definition) is 1. The lowest BCUT2D eigenvalue weighted by Crippen LogP contribution is -2.39. The number of carbonyl (C=O) groups excluding carboxylic acids is 2. The molecule has 2 amide bonds. The quantitative estimate of drug-likeness (QED) is 0.878. The van der Waals surface area contributed by atoms with E-state index in [1.165, 1.54) is 23.1 Å². The predicted molar refractivity (Wildman–Crippen MR) is 96.4 cm³/mol.